The molecule has 0 radical (unpaired) electrons. The normalized spacial score (nSPS) is 16.9. The molecule has 4 N–H and O–H groups in total. The van der Waals surface area contributed by atoms with Gasteiger partial charge in [0, 0.05) is 41.1 Å². The van der Waals surface area contributed by atoms with Gasteiger partial charge in [0.15, 0.2) is 17.0 Å². The Kier molecular flexibility index (Phi) is 4.70. The van der Waals surface area contributed by atoms with Crippen molar-refractivity contribution in [2.75, 3.05) is 12.4 Å². The van der Waals surface area contributed by atoms with Crippen molar-refractivity contribution in [2.24, 2.45) is 5.73 Å². The number of benzene rings is 3. The van der Waals surface area contributed by atoms with Gasteiger partial charge in [0.25, 0.3) is 0 Å². The lowest BCUT2D eigenvalue weighted by atomic mass is 9.76. The van der Waals surface area contributed by atoms with Gasteiger partial charge in [0.05, 0.1) is 0 Å². The van der Waals surface area contributed by atoms with Gasteiger partial charge in [0.2, 0.25) is 0 Å². The summed E-state index contributed by atoms with van der Waals surface area (Å²) in [6.45, 7) is 0. The van der Waals surface area contributed by atoms with Crippen LogP contribution in [0.2, 0.25) is 0 Å². The Balaban J connectivity index is 2.03. The van der Waals surface area contributed by atoms with Gasteiger partial charge in [-0.3, -0.25) is 4.79 Å². The van der Waals surface area contributed by atoms with Gasteiger partial charge in [-0.15, -0.1) is 0 Å². The van der Waals surface area contributed by atoms with Gasteiger partial charge >= 0.3 is 0 Å². The number of para-hydroxylation sites is 1. The number of methoxy groups -OCH3 is 1. The molecule has 1 heterocycles. The Morgan fingerprint density at radius 3 is 2.55 bits per heavy atom. The van der Waals surface area contributed by atoms with E-state index in [-0.39, 0.29) is 10.9 Å². The quantitative estimate of drug-likeness (QED) is 0.447. The van der Waals surface area contributed by atoms with E-state index < -0.39 is 5.60 Å². The summed E-state index contributed by atoms with van der Waals surface area (Å²) in [6, 6.07) is 17.5. The number of hydrogen-bond donors (Lipinski definition) is 3. The molecule has 1 aliphatic heterocycles. The highest BCUT2D eigenvalue weighted by Crippen LogP contribution is 2.53. The average Bonchev–Trinajstić information content (AvgIpc) is 2.71. The lowest BCUT2D eigenvalue weighted by Crippen LogP contribution is -2.35. The minimum atomic E-state index is -1.12. The molecule has 0 spiro atoms. The Bertz CT molecular complexity index is 1130. The first-order valence-corrected chi connectivity index (χ1v) is 9.22. The van der Waals surface area contributed by atoms with Crippen molar-refractivity contribution in [1.82, 2.24) is 0 Å². The molecule has 29 heavy (non-hydrogen) atoms. The zero-order valence-electron chi connectivity index (χ0n) is 15.5. The number of carbonyl (C=O) groups excluding carboxylic acids is 1. The first kappa shape index (κ1) is 18.9. The fourth-order valence-corrected chi connectivity index (χ4v) is 3.94. The maximum atomic E-state index is 12.0. The van der Waals surface area contributed by atoms with Crippen LogP contribution in [0.3, 0.4) is 0 Å². The van der Waals surface area contributed by atoms with Crippen molar-refractivity contribution in [1.29, 1.82) is 0 Å². The summed E-state index contributed by atoms with van der Waals surface area (Å²) in [5.41, 5.74) is 7.50. The Labute approximate surface area is 172 Å². The number of phenolic OH excluding ortho intramolecular Hbond substituents is 1. The molecule has 4 rings (SSSR count). The molecule has 1 unspecified atom stereocenters. The third kappa shape index (κ3) is 3.00. The summed E-state index contributed by atoms with van der Waals surface area (Å²) < 4.78 is 12.1. The lowest BCUT2D eigenvalue weighted by Gasteiger charge is -2.40. The summed E-state index contributed by atoms with van der Waals surface area (Å²) in [6.07, 6.45) is 0.763. The van der Waals surface area contributed by atoms with Crippen LogP contribution in [0.5, 0.6) is 17.2 Å². The van der Waals surface area contributed by atoms with E-state index in [1.54, 1.807) is 37.4 Å². The lowest BCUT2D eigenvalue weighted by molar-refractivity contribution is 0.0491. The second-order valence-electron chi connectivity index (χ2n) is 6.57. The SMILES string of the molecule is COC1(c2ccc(NC(N)=S)cc2C=O)c2ccccc2Oc2cc(O)ccc21. The standard InChI is InChI=1S/C22H18N2O4S/c1-27-22(16-8-6-14(24-21(23)29)10-13(16)12-25)17-4-2-3-5-19(17)28-20-11-15(26)7-9-18(20)22/h2-12,26H,1H3,(H3,23,24,29). The predicted molar refractivity (Wildman–Crippen MR) is 114 cm³/mol. The van der Waals surface area contributed by atoms with Crippen LogP contribution < -0.4 is 15.8 Å². The second kappa shape index (κ2) is 7.20. The highest BCUT2D eigenvalue weighted by molar-refractivity contribution is 7.80. The van der Waals surface area contributed by atoms with Crippen LogP contribution >= 0.6 is 12.2 Å². The molecule has 0 fully saturated rings. The second-order valence-corrected chi connectivity index (χ2v) is 7.01. The molecule has 0 amide bonds. The van der Waals surface area contributed by atoms with E-state index in [2.05, 4.69) is 5.32 Å². The number of thiocarbonyl (C=S) groups is 1. The minimum absolute atomic E-state index is 0.0692. The number of carbonyl (C=O) groups is 1. The number of aromatic hydroxyl groups is 1. The molecule has 3 aromatic rings. The molecule has 7 heteroatoms. The Morgan fingerprint density at radius 2 is 1.83 bits per heavy atom. The number of phenols is 1. The number of rotatable bonds is 4. The zero-order valence-corrected chi connectivity index (χ0v) is 16.3. The highest BCUT2D eigenvalue weighted by Gasteiger charge is 2.45. The van der Waals surface area contributed by atoms with Gasteiger partial charge in [-0.2, -0.15) is 0 Å². The van der Waals surface area contributed by atoms with Gasteiger partial charge in [-0.05, 0) is 42.5 Å². The van der Waals surface area contributed by atoms with E-state index in [0.29, 0.717) is 33.9 Å². The van der Waals surface area contributed by atoms with E-state index >= 15 is 0 Å². The number of ether oxygens (including phenoxy) is 2. The zero-order chi connectivity index (χ0) is 20.6. The molecule has 0 aliphatic carbocycles. The predicted octanol–water partition coefficient (Wildman–Crippen LogP) is 3.90. The van der Waals surface area contributed by atoms with Gasteiger partial charge in [0.1, 0.15) is 17.2 Å². The van der Waals surface area contributed by atoms with Crippen LogP contribution in [0, 0.1) is 0 Å². The van der Waals surface area contributed by atoms with Crippen molar-refractivity contribution >= 4 is 29.3 Å². The largest absolute Gasteiger partial charge is 0.508 e. The molecule has 0 saturated heterocycles. The number of aldehydes is 1. The summed E-state index contributed by atoms with van der Waals surface area (Å²) in [4.78, 5) is 12.0. The third-order valence-electron chi connectivity index (χ3n) is 4.96. The van der Waals surface area contributed by atoms with Crippen LogP contribution in [0.25, 0.3) is 0 Å². The van der Waals surface area contributed by atoms with Gasteiger partial charge < -0.3 is 25.6 Å². The molecule has 0 bridgehead atoms. The highest BCUT2D eigenvalue weighted by atomic mass is 32.1. The van der Waals surface area contributed by atoms with E-state index in [1.807, 2.05) is 24.3 Å². The smallest absolute Gasteiger partial charge is 0.168 e. The van der Waals surface area contributed by atoms with Gasteiger partial charge in [-0.25, -0.2) is 0 Å². The van der Waals surface area contributed by atoms with Crippen molar-refractivity contribution < 1.29 is 19.4 Å². The summed E-state index contributed by atoms with van der Waals surface area (Å²) >= 11 is 4.89. The molecule has 0 aromatic heterocycles. The molecule has 1 atom stereocenters. The number of nitrogens with two attached hydrogens (primary N) is 1. The summed E-state index contributed by atoms with van der Waals surface area (Å²) in [5.74, 6) is 1.10. The maximum Gasteiger partial charge on any atom is 0.168 e. The van der Waals surface area contributed by atoms with E-state index in [4.69, 9.17) is 27.4 Å². The van der Waals surface area contributed by atoms with E-state index in [1.165, 1.54) is 6.07 Å². The van der Waals surface area contributed by atoms with Gasteiger partial charge in [-0.1, -0.05) is 24.3 Å². The fourth-order valence-electron chi connectivity index (χ4n) is 3.82. The Hall–Kier alpha value is -3.42. The first-order chi connectivity index (χ1) is 14.0. The number of hydrogen-bond acceptors (Lipinski definition) is 5. The van der Waals surface area contributed by atoms with Crippen LogP contribution in [0.4, 0.5) is 5.69 Å². The molecule has 146 valence electrons. The Morgan fingerprint density at radius 1 is 1.10 bits per heavy atom. The minimum Gasteiger partial charge on any atom is -0.508 e. The van der Waals surface area contributed by atoms with Crippen molar-refractivity contribution in [3.8, 4) is 17.2 Å². The van der Waals surface area contributed by atoms with Crippen molar-refractivity contribution in [2.45, 2.75) is 5.60 Å². The van der Waals surface area contributed by atoms with Crippen LogP contribution in [-0.2, 0) is 10.3 Å². The van der Waals surface area contributed by atoms with Crippen LogP contribution in [0.15, 0.2) is 60.7 Å². The number of fused-ring (bicyclic) bond motifs is 2. The van der Waals surface area contributed by atoms with E-state index in [9.17, 15) is 9.90 Å². The summed E-state index contributed by atoms with van der Waals surface area (Å²) in [7, 11) is 1.58. The monoisotopic (exact) mass is 406 g/mol. The topological polar surface area (TPSA) is 93.8 Å². The summed E-state index contributed by atoms with van der Waals surface area (Å²) in [5, 5.41) is 12.9. The first-order valence-electron chi connectivity index (χ1n) is 8.81. The molecular weight excluding hydrogens is 388 g/mol. The third-order valence-corrected chi connectivity index (χ3v) is 5.06. The molecule has 1 aliphatic rings. The van der Waals surface area contributed by atoms with E-state index in [0.717, 1.165) is 11.8 Å². The molecule has 6 nitrogen and oxygen atoms in total. The molecule has 3 aromatic carbocycles. The van der Waals surface area contributed by atoms with Crippen molar-refractivity contribution in [3.05, 3.63) is 82.9 Å². The molecular formula is C22H18N2O4S. The van der Waals surface area contributed by atoms with Crippen LogP contribution in [-0.4, -0.2) is 23.6 Å². The van der Waals surface area contributed by atoms with Crippen LogP contribution in [0.1, 0.15) is 27.0 Å². The molecule has 0 saturated carbocycles. The fraction of sp³-hybridized carbons (Fsp3) is 0.0909. The number of nitrogens with one attached hydrogen (secondary N) is 1. The average molecular weight is 406 g/mol. The number of anilines is 1. The van der Waals surface area contributed by atoms with Crippen molar-refractivity contribution in [3.63, 3.8) is 0 Å². The maximum absolute atomic E-state index is 12.0.